The van der Waals surface area contributed by atoms with Crippen molar-refractivity contribution in [1.29, 1.82) is 5.26 Å². The van der Waals surface area contributed by atoms with E-state index in [0.717, 1.165) is 4.90 Å². The van der Waals surface area contributed by atoms with Crippen molar-refractivity contribution < 1.29 is 23.9 Å². The van der Waals surface area contributed by atoms with Gasteiger partial charge in [-0.3, -0.25) is 19.3 Å². The lowest BCUT2D eigenvalue weighted by Crippen LogP contribution is -2.46. The zero-order valence-corrected chi connectivity index (χ0v) is 15.9. The average Bonchev–Trinajstić information content (AvgIpc) is 2.92. The molecule has 0 bridgehead atoms. The Labute approximate surface area is 162 Å². The Bertz CT molecular complexity index is 841. The number of rotatable bonds is 7. The van der Waals surface area contributed by atoms with Gasteiger partial charge in [-0.05, 0) is 31.9 Å². The van der Waals surface area contributed by atoms with Crippen LogP contribution in [0.2, 0.25) is 0 Å². The van der Waals surface area contributed by atoms with Crippen LogP contribution in [0, 0.1) is 11.3 Å². The molecule has 1 unspecified atom stereocenters. The van der Waals surface area contributed by atoms with Crippen molar-refractivity contribution >= 4 is 29.5 Å². The quantitative estimate of drug-likeness (QED) is 0.540. The Hall–Kier alpha value is -3.41. The van der Waals surface area contributed by atoms with Crippen molar-refractivity contribution in [2.75, 3.05) is 11.9 Å². The van der Waals surface area contributed by atoms with Crippen molar-refractivity contribution in [3.63, 3.8) is 0 Å². The van der Waals surface area contributed by atoms with Crippen LogP contribution in [0.25, 0.3) is 0 Å². The molecule has 0 saturated carbocycles. The van der Waals surface area contributed by atoms with Gasteiger partial charge in [0.2, 0.25) is 0 Å². The number of para-hydroxylation sites is 1. The first-order chi connectivity index (χ1) is 13.3. The SMILES string of the molecule is CCC1(CC)NC(=O)N(CC(=O)OC(C)C(=O)Nc2ccccc2C#N)C1=O. The van der Waals surface area contributed by atoms with Gasteiger partial charge in [0.05, 0.1) is 11.3 Å². The summed E-state index contributed by atoms with van der Waals surface area (Å²) < 4.78 is 5.04. The molecule has 9 nitrogen and oxygen atoms in total. The number of anilines is 1. The van der Waals surface area contributed by atoms with Crippen LogP contribution in [-0.4, -0.2) is 46.9 Å². The van der Waals surface area contributed by atoms with Crippen molar-refractivity contribution in [3.05, 3.63) is 29.8 Å². The molecule has 2 N–H and O–H groups in total. The summed E-state index contributed by atoms with van der Waals surface area (Å²) >= 11 is 0. The van der Waals surface area contributed by atoms with E-state index in [-0.39, 0.29) is 5.56 Å². The minimum absolute atomic E-state index is 0.268. The van der Waals surface area contributed by atoms with Gasteiger partial charge >= 0.3 is 12.0 Å². The van der Waals surface area contributed by atoms with E-state index in [1.165, 1.54) is 13.0 Å². The van der Waals surface area contributed by atoms with Crippen LogP contribution < -0.4 is 10.6 Å². The summed E-state index contributed by atoms with van der Waals surface area (Å²) in [6, 6.07) is 7.68. The predicted octanol–water partition coefficient (Wildman–Crippen LogP) is 1.54. The smallest absolute Gasteiger partial charge is 0.327 e. The number of esters is 1. The van der Waals surface area contributed by atoms with Gasteiger partial charge in [0.1, 0.15) is 18.2 Å². The second-order valence-corrected chi connectivity index (χ2v) is 6.39. The maximum Gasteiger partial charge on any atom is 0.327 e. The second-order valence-electron chi connectivity index (χ2n) is 6.39. The minimum atomic E-state index is -1.18. The third kappa shape index (κ3) is 4.11. The Balaban J connectivity index is 1.97. The molecule has 1 heterocycles. The molecule has 1 saturated heterocycles. The monoisotopic (exact) mass is 386 g/mol. The van der Waals surface area contributed by atoms with Gasteiger partial charge in [0.15, 0.2) is 6.10 Å². The number of urea groups is 1. The lowest BCUT2D eigenvalue weighted by atomic mass is 9.93. The molecule has 2 rings (SSSR count). The van der Waals surface area contributed by atoms with Crippen LogP contribution in [-0.2, 0) is 19.1 Å². The highest BCUT2D eigenvalue weighted by atomic mass is 16.5. The van der Waals surface area contributed by atoms with Gasteiger partial charge in [-0.1, -0.05) is 26.0 Å². The fourth-order valence-electron chi connectivity index (χ4n) is 2.89. The van der Waals surface area contributed by atoms with Crippen LogP contribution in [0.5, 0.6) is 0 Å². The van der Waals surface area contributed by atoms with E-state index in [0.29, 0.717) is 18.5 Å². The van der Waals surface area contributed by atoms with Gasteiger partial charge in [0, 0.05) is 0 Å². The number of hydrogen-bond donors (Lipinski definition) is 2. The fourth-order valence-corrected chi connectivity index (χ4v) is 2.89. The van der Waals surface area contributed by atoms with Crippen LogP contribution >= 0.6 is 0 Å². The molecule has 1 fully saturated rings. The Morgan fingerprint density at radius 2 is 1.93 bits per heavy atom. The molecule has 148 valence electrons. The summed E-state index contributed by atoms with van der Waals surface area (Å²) in [5, 5.41) is 14.2. The number of amides is 4. The largest absolute Gasteiger partial charge is 0.451 e. The van der Waals surface area contributed by atoms with Crippen molar-refractivity contribution in [1.82, 2.24) is 10.2 Å². The molecule has 1 aliphatic rings. The van der Waals surface area contributed by atoms with E-state index in [1.807, 2.05) is 6.07 Å². The first-order valence-corrected chi connectivity index (χ1v) is 8.91. The van der Waals surface area contributed by atoms with Gasteiger partial charge < -0.3 is 15.4 Å². The molecular formula is C19H22N4O5. The zero-order chi connectivity index (χ0) is 20.9. The molecule has 0 aliphatic carbocycles. The van der Waals surface area contributed by atoms with Gasteiger partial charge in [-0.25, -0.2) is 4.79 Å². The highest BCUT2D eigenvalue weighted by Crippen LogP contribution is 2.24. The van der Waals surface area contributed by atoms with E-state index >= 15 is 0 Å². The summed E-state index contributed by atoms with van der Waals surface area (Å²) in [5.41, 5.74) is -0.451. The van der Waals surface area contributed by atoms with E-state index in [2.05, 4.69) is 10.6 Å². The normalized spacial score (nSPS) is 16.1. The highest BCUT2D eigenvalue weighted by molar-refractivity contribution is 6.08. The predicted molar refractivity (Wildman–Crippen MR) is 98.9 cm³/mol. The van der Waals surface area contributed by atoms with Crippen molar-refractivity contribution in [2.24, 2.45) is 0 Å². The number of benzene rings is 1. The van der Waals surface area contributed by atoms with Crippen LogP contribution in [0.3, 0.4) is 0 Å². The molecule has 1 aromatic carbocycles. The molecule has 9 heteroatoms. The maximum atomic E-state index is 12.5. The molecule has 1 atom stereocenters. The van der Waals surface area contributed by atoms with Crippen LogP contribution in [0.15, 0.2) is 24.3 Å². The summed E-state index contributed by atoms with van der Waals surface area (Å²) in [6.45, 7) is 4.32. The third-order valence-corrected chi connectivity index (χ3v) is 4.72. The average molecular weight is 386 g/mol. The summed E-state index contributed by atoms with van der Waals surface area (Å²) in [5.74, 6) is -2.01. The maximum absolute atomic E-state index is 12.5. The molecule has 28 heavy (non-hydrogen) atoms. The Kier molecular flexibility index (Phi) is 6.36. The molecule has 1 aromatic rings. The van der Waals surface area contributed by atoms with Crippen molar-refractivity contribution in [3.8, 4) is 6.07 Å². The minimum Gasteiger partial charge on any atom is -0.451 e. The number of nitriles is 1. The number of imide groups is 1. The molecule has 0 aromatic heterocycles. The van der Waals surface area contributed by atoms with Crippen LogP contribution in [0.1, 0.15) is 39.2 Å². The standard InChI is InChI=1S/C19H22N4O5/c1-4-19(5-2)17(26)23(18(27)22-19)11-15(24)28-12(3)16(25)21-14-9-7-6-8-13(14)10-20/h6-9,12H,4-5,11H2,1-3H3,(H,21,25)(H,22,27). The molecule has 4 amide bonds. The number of ether oxygens (including phenoxy) is 1. The van der Waals surface area contributed by atoms with Gasteiger partial charge in [-0.15, -0.1) is 0 Å². The molecule has 0 radical (unpaired) electrons. The van der Waals surface area contributed by atoms with E-state index in [9.17, 15) is 19.2 Å². The number of hydrogen-bond acceptors (Lipinski definition) is 6. The van der Waals surface area contributed by atoms with Crippen molar-refractivity contribution in [2.45, 2.75) is 45.3 Å². The van der Waals surface area contributed by atoms with Crippen LogP contribution in [0.4, 0.5) is 10.5 Å². The van der Waals surface area contributed by atoms with Gasteiger partial charge in [0.25, 0.3) is 11.8 Å². The zero-order valence-electron chi connectivity index (χ0n) is 15.9. The molecule has 1 aliphatic heterocycles. The number of carbonyl (C=O) groups excluding carboxylic acids is 4. The molecule has 0 spiro atoms. The topological polar surface area (TPSA) is 129 Å². The lowest BCUT2D eigenvalue weighted by Gasteiger charge is -2.23. The van der Waals surface area contributed by atoms with E-state index in [4.69, 9.17) is 10.00 Å². The summed E-state index contributed by atoms with van der Waals surface area (Å²) in [7, 11) is 0. The van der Waals surface area contributed by atoms with E-state index in [1.54, 1.807) is 32.0 Å². The highest BCUT2D eigenvalue weighted by Gasteiger charge is 2.49. The fraction of sp³-hybridized carbons (Fsp3) is 0.421. The Morgan fingerprint density at radius 1 is 1.29 bits per heavy atom. The number of nitrogens with zero attached hydrogens (tertiary/aromatic N) is 2. The number of nitrogens with one attached hydrogen (secondary N) is 2. The van der Waals surface area contributed by atoms with E-state index < -0.39 is 42.0 Å². The third-order valence-electron chi connectivity index (χ3n) is 4.72. The Morgan fingerprint density at radius 3 is 2.50 bits per heavy atom. The second kappa shape index (κ2) is 8.52. The summed E-state index contributed by atoms with van der Waals surface area (Å²) in [6.07, 6.45) is -0.380. The summed E-state index contributed by atoms with van der Waals surface area (Å²) in [4.78, 5) is 49.7. The number of carbonyl (C=O) groups is 4. The van der Waals surface area contributed by atoms with Gasteiger partial charge in [-0.2, -0.15) is 5.26 Å². The molecular weight excluding hydrogens is 364 g/mol. The first kappa shape index (κ1) is 20.9. The lowest BCUT2D eigenvalue weighted by molar-refractivity contribution is -0.155. The first-order valence-electron chi connectivity index (χ1n) is 8.91.